The van der Waals surface area contributed by atoms with Crippen molar-refractivity contribution in [1.82, 2.24) is 19.1 Å². The van der Waals surface area contributed by atoms with Gasteiger partial charge in [0.1, 0.15) is 18.6 Å². The largest absolute Gasteiger partial charge is 0.756 e. The van der Waals surface area contributed by atoms with Crippen molar-refractivity contribution in [2.24, 2.45) is 5.92 Å². The number of phosphoric acid groups is 1. The van der Waals surface area contributed by atoms with Gasteiger partial charge in [-0.25, -0.2) is 78.6 Å². The van der Waals surface area contributed by atoms with Crippen LogP contribution in [0, 0.1) is 21.8 Å². The standard InChI is InChI=1S/C19H29F14N2O6PS.C11H19F7N2O3S.C11H19F7N2O2S.C7H6F7NS.C6H6BrF7.C6H6ClF7O2S/c1-35(2,3)7-9-41-42(36,37)40-8-6-34-43(38,39)10-4-5-13(11-14(20,16(22,23)24)17(25,26)27)12-15(21,18(28,29)30)19(31,32)33;1-20(2,21)7-4-6-19-24(22,23)8-3-5-9(12,10(13,14)15)11(16,17)18;1-20(2)7-4-6-19-23(21,22)8-3-5-9(12,10(13,14)15)11(16,17)18;8-5(6(9,10)11,7(12,13)14)2-1-3-16-4-15;7-3-1-2-4(8,5(9,10)11)6(12,13)14;7-17(15,16)3-1-2-4(8,5(9,10)11)6(12,13)14/h13,34H,4-12H2,1-3H3;19H,3-8H2,1-2H3;19H,3-8H2,1-2H3;1-3H2;1-3H2;1-3H2. The SMILES string of the molecule is CN(C)CCCNS(=O)(=O)CCCC(F)(C(F)(F)F)C(F)(F)F.C[N+](C)(C)CCOP(=O)([O-])OCCNS(=O)(=O)CCCC(CC(F)(C(F)(F)F)C(F)(F)F)CC(F)(C(F)(F)F)C(F)(F)F.C[N+](C)([O-])CCCNS(=O)(=O)CCCC(F)(C(F)(F)F)C(F)(F)F.FC(F)(F)C(F)(CCCBr)C(F)(F)F.N#CSCCCC(F)(C(F)(F)F)C(F)(F)F.O=S(=O)(Cl)CCCC(F)(C(F)(F)F)C(F)(F)F. The summed E-state index contributed by atoms with van der Waals surface area (Å²) >= 11 is 3.11. The Balaban J connectivity index is -0.000000395. The third-order valence-electron chi connectivity index (χ3n) is 16.7. The second-order valence-electron chi connectivity index (χ2n) is 30.0. The number of thioether (sulfide) groups is 1. The first kappa shape index (κ1) is 144. The highest BCUT2D eigenvalue weighted by molar-refractivity contribution is 9.09. The predicted molar refractivity (Wildman–Crippen MR) is 387 cm³/mol. The number of halogens is 51. The van der Waals surface area contributed by atoms with Crippen LogP contribution in [0.3, 0.4) is 0 Å². The van der Waals surface area contributed by atoms with Gasteiger partial charge in [-0.1, -0.05) is 15.9 Å². The summed E-state index contributed by atoms with van der Waals surface area (Å²) in [5, 5.41) is 20.5. The van der Waals surface area contributed by atoms with Crippen LogP contribution in [0.1, 0.15) is 103 Å². The molecule has 0 saturated heterocycles. The van der Waals surface area contributed by atoms with Gasteiger partial charge in [-0.3, -0.25) is 4.57 Å². The summed E-state index contributed by atoms with van der Waals surface area (Å²) < 4.78 is 727. The van der Waals surface area contributed by atoms with Crippen LogP contribution >= 0.6 is 46.2 Å². The van der Waals surface area contributed by atoms with Gasteiger partial charge in [-0.15, -0.1) is 0 Å². The average molecular weight is 2350 g/mol. The number of hydrogen-bond acceptors (Lipinski definition) is 16. The number of thiocyanates is 1. The van der Waals surface area contributed by atoms with E-state index in [2.05, 4.69) is 35.7 Å². The number of rotatable bonds is 46. The van der Waals surface area contributed by atoms with E-state index in [1.54, 1.807) is 44.9 Å². The monoisotopic (exact) mass is 2350 g/mol. The van der Waals surface area contributed by atoms with E-state index in [9.17, 15) is 263 Å². The topological polar surface area (TPSA) is 281 Å². The predicted octanol–water partition coefficient (Wildman–Crippen LogP) is 20.9. The van der Waals surface area contributed by atoms with Gasteiger partial charge in [0, 0.05) is 92.8 Å². The third kappa shape index (κ3) is 51.6. The fourth-order valence-electron chi connectivity index (χ4n) is 9.23. The number of nitriles is 1. The Morgan fingerprint density at radius 3 is 0.876 bits per heavy atom. The van der Waals surface area contributed by atoms with Crippen LogP contribution in [0.5, 0.6) is 0 Å². The van der Waals surface area contributed by atoms with Crippen molar-refractivity contribution in [2.45, 2.75) is 229 Å². The molecule has 0 heterocycles. The summed E-state index contributed by atoms with van der Waals surface area (Å²) in [5.41, 5.74) is -39.4. The number of nitrogens with zero attached hydrogens (tertiary/aromatic N) is 4. The zero-order valence-electron chi connectivity index (χ0n) is 70.2. The average Bonchev–Trinajstić information content (AvgIpc) is 0.739. The Hall–Kier alpha value is -3.19. The van der Waals surface area contributed by atoms with Gasteiger partial charge >= 0.3 is 86.5 Å². The zero-order valence-corrected chi connectivity index (χ0v) is 77.5. The molecule has 0 aromatic carbocycles. The van der Waals surface area contributed by atoms with Crippen LogP contribution in [0.4, 0.5) is 215 Å². The van der Waals surface area contributed by atoms with Crippen LogP contribution in [-0.2, 0) is 52.7 Å². The third-order valence-corrected chi connectivity index (χ3v) is 24.5. The smallest absolute Gasteiger partial charge is 0.431 e. The molecule has 0 spiro atoms. The number of nitrogens with one attached hydrogen (secondary N) is 3. The van der Waals surface area contributed by atoms with E-state index in [0.717, 1.165) is 0 Å². The molecule has 0 aliphatic heterocycles. The van der Waals surface area contributed by atoms with E-state index >= 15 is 0 Å². The number of hydrogen-bond donors (Lipinski definition) is 3. The molecule has 0 amide bonds. The van der Waals surface area contributed by atoms with Crippen LogP contribution < -0.4 is 19.1 Å². The second-order valence-corrected chi connectivity index (χ2v) is 41.7. The number of hydroxylamine groups is 3. The number of likely N-dealkylation sites (N-methyl/N-ethyl adjacent to an activating group) is 1. The molecular formula is C60H85BrClF49N7O13PS5. The Labute approximate surface area is 764 Å². The summed E-state index contributed by atoms with van der Waals surface area (Å²) in [7, 11) is -6.35. The molecular weight excluding hydrogens is 2260 g/mol. The van der Waals surface area contributed by atoms with E-state index in [1.165, 1.54) is 19.5 Å². The fourth-order valence-corrected chi connectivity index (χ4v) is 14.7. The second kappa shape index (κ2) is 53.4. The molecule has 0 saturated carbocycles. The minimum Gasteiger partial charge on any atom is -0.756 e. The highest BCUT2D eigenvalue weighted by atomic mass is 79.9. The summed E-state index contributed by atoms with van der Waals surface area (Å²) in [6.07, 6.45) is -111. The van der Waals surface area contributed by atoms with Gasteiger partial charge in [0.05, 0.1) is 71.4 Å². The number of quaternary nitrogens is 2. The summed E-state index contributed by atoms with van der Waals surface area (Å²) in [4.78, 5) is 13.4. The summed E-state index contributed by atoms with van der Waals surface area (Å²) in [5.74, 6) is -8.25. The molecule has 1 atom stereocenters. The zero-order chi connectivity index (χ0) is 111. The normalized spacial score (nSPS) is 15.2. The number of phosphoric ester groups is 1. The first-order valence-electron chi connectivity index (χ1n) is 36.3. The van der Waals surface area contributed by atoms with Crippen molar-refractivity contribution in [3.63, 3.8) is 0 Å². The van der Waals surface area contributed by atoms with Gasteiger partial charge in [0.25, 0.3) is 47.5 Å². The highest BCUT2D eigenvalue weighted by Crippen LogP contribution is 2.58. The molecule has 0 aromatic heterocycles. The molecule has 0 aliphatic rings. The highest BCUT2D eigenvalue weighted by Gasteiger charge is 2.79. The molecule has 77 heteroatoms. The molecule has 0 bridgehead atoms. The van der Waals surface area contributed by atoms with Crippen molar-refractivity contribution in [3.8, 4) is 5.40 Å². The Bertz CT molecular complexity index is 3930. The maximum atomic E-state index is 14.2. The van der Waals surface area contributed by atoms with Gasteiger partial charge in [-0.2, -0.15) is 190 Å². The number of sulfonamides is 3. The summed E-state index contributed by atoms with van der Waals surface area (Å²) in [6.45, 7) is -1.50. The van der Waals surface area contributed by atoms with E-state index in [0.29, 0.717) is 24.7 Å². The molecule has 1 unspecified atom stereocenters. The molecule has 830 valence electrons. The first-order valence-corrected chi connectivity index (χ1v) is 47.3. The van der Waals surface area contributed by atoms with E-state index in [-0.39, 0.29) is 54.8 Å². The Kier molecular flexibility index (Phi) is 56.4. The maximum Gasteiger partial charge on any atom is 0.431 e. The van der Waals surface area contributed by atoms with Gasteiger partial charge in [0.2, 0.25) is 39.1 Å². The molecule has 0 aromatic rings. The van der Waals surface area contributed by atoms with Gasteiger partial charge < -0.3 is 33.2 Å². The van der Waals surface area contributed by atoms with Crippen LogP contribution in [0.15, 0.2) is 0 Å². The lowest BCUT2D eigenvalue weighted by Crippen LogP contribution is -2.57. The van der Waals surface area contributed by atoms with Gasteiger partial charge in [-0.05, 0) is 89.7 Å². The molecule has 20 nitrogen and oxygen atoms in total. The fraction of sp³-hybridized carbons (Fsp3) is 0.983. The lowest BCUT2D eigenvalue weighted by Gasteiger charge is -2.37. The van der Waals surface area contributed by atoms with E-state index < -0.39 is 310 Å². The first-order chi connectivity index (χ1) is 59.6. The van der Waals surface area contributed by atoms with Crippen LogP contribution in [0.25, 0.3) is 0 Å². The summed E-state index contributed by atoms with van der Waals surface area (Å²) in [6, 6.07) is 0. The lowest BCUT2D eigenvalue weighted by atomic mass is 9.80. The molecule has 0 aliphatic carbocycles. The molecule has 3 N–H and O–H groups in total. The van der Waals surface area contributed by atoms with E-state index in [1.807, 2.05) is 9.44 Å². The van der Waals surface area contributed by atoms with E-state index in [4.69, 9.17) is 5.26 Å². The van der Waals surface area contributed by atoms with Crippen LogP contribution in [-0.4, -0.2) is 310 Å². The minimum absolute atomic E-state index is 0.0141. The quantitative estimate of drug-likeness (QED) is 0.00746. The lowest BCUT2D eigenvalue weighted by molar-refractivity contribution is -0.870. The maximum absolute atomic E-state index is 14.2. The van der Waals surface area contributed by atoms with Crippen LogP contribution in [0.2, 0.25) is 0 Å². The molecule has 0 fully saturated rings. The van der Waals surface area contributed by atoms with Crippen molar-refractivity contribution in [2.75, 3.05) is 136 Å². The Morgan fingerprint density at radius 2 is 0.628 bits per heavy atom. The van der Waals surface area contributed by atoms with Crippen molar-refractivity contribution in [3.05, 3.63) is 5.21 Å². The van der Waals surface area contributed by atoms with Gasteiger partial charge in [0.15, 0.2) is 0 Å². The molecule has 137 heavy (non-hydrogen) atoms. The van der Waals surface area contributed by atoms with Crippen molar-refractivity contribution >= 4 is 85.3 Å². The van der Waals surface area contributed by atoms with Crippen molar-refractivity contribution < 1.29 is 276 Å². The van der Waals surface area contributed by atoms with Crippen molar-refractivity contribution in [1.29, 1.82) is 5.26 Å². The molecule has 0 radical (unpaired) electrons. The Morgan fingerprint density at radius 1 is 0.380 bits per heavy atom. The minimum atomic E-state index is -6.91. The molecule has 0 rings (SSSR count). The number of alkyl halides is 50.